The fourth-order valence-electron chi connectivity index (χ4n) is 3.52. The number of piperazine rings is 1. The molecule has 2 N–H and O–H groups in total. The Hall–Kier alpha value is -1.93. The molecule has 0 atom stereocenters. The van der Waals surface area contributed by atoms with Gasteiger partial charge in [0.05, 0.1) is 0 Å². The molecular formula is C18H31N7O. The number of likely N-dealkylation sites (tertiary alicyclic amines) is 1. The third kappa shape index (κ3) is 5.81. The number of hydrogen-bond acceptors (Lipinski definition) is 6. The Balaban J connectivity index is 1.25. The van der Waals surface area contributed by atoms with Crippen molar-refractivity contribution in [1.29, 1.82) is 0 Å². The van der Waals surface area contributed by atoms with E-state index in [-0.39, 0.29) is 6.03 Å². The summed E-state index contributed by atoms with van der Waals surface area (Å²) in [4.78, 5) is 27.6. The number of urea groups is 1. The van der Waals surface area contributed by atoms with E-state index in [9.17, 15) is 4.79 Å². The predicted octanol–water partition coefficient (Wildman–Crippen LogP) is 0.382. The summed E-state index contributed by atoms with van der Waals surface area (Å²) in [6.45, 7) is 7.79. The van der Waals surface area contributed by atoms with E-state index in [1.807, 2.05) is 6.07 Å². The molecule has 144 valence electrons. The van der Waals surface area contributed by atoms with Crippen molar-refractivity contribution in [3.8, 4) is 0 Å². The zero-order valence-corrected chi connectivity index (χ0v) is 15.7. The maximum Gasteiger partial charge on any atom is 0.315 e. The zero-order chi connectivity index (χ0) is 18.2. The van der Waals surface area contributed by atoms with E-state index in [1.54, 1.807) is 12.4 Å². The van der Waals surface area contributed by atoms with Crippen molar-refractivity contribution in [2.75, 3.05) is 64.3 Å². The van der Waals surface area contributed by atoms with E-state index < -0.39 is 0 Å². The van der Waals surface area contributed by atoms with Gasteiger partial charge in [-0.05, 0) is 52.0 Å². The molecule has 0 radical (unpaired) electrons. The molecule has 0 bridgehead atoms. The fourth-order valence-corrected chi connectivity index (χ4v) is 3.52. The highest BCUT2D eigenvalue weighted by Crippen LogP contribution is 2.10. The average Bonchev–Trinajstić information content (AvgIpc) is 2.68. The number of anilines is 1. The fraction of sp³-hybridized carbons (Fsp3) is 0.722. The minimum absolute atomic E-state index is 0.0226. The van der Waals surface area contributed by atoms with Crippen LogP contribution in [-0.2, 0) is 0 Å². The molecule has 2 saturated heterocycles. The number of nitrogens with zero attached hydrogens (tertiary/aromatic N) is 5. The van der Waals surface area contributed by atoms with Crippen molar-refractivity contribution in [1.82, 2.24) is 30.4 Å². The molecule has 2 aliphatic rings. The lowest BCUT2D eigenvalue weighted by Gasteiger charge is -2.34. The molecule has 2 fully saturated rings. The van der Waals surface area contributed by atoms with Crippen LogP contribution in [0.2, 0.25) is 0 Å². The largest absolute Gasteiger partial charge is 0.338 e. The van der Waals surface area contributed by atoms with Gasteiger partial charge in [0.25, 0.3) is 0 Å². The summed E-state index contributed by atoms with van der Waals surface area (Å²) in [5.74, 6) is 0.819. The van der Waals surface area contributed by atoms with Gasteiger partial charge in [-0.15, -0.1) is 0 Å². The summed E-state index contributed by atoms with van der Waals surface area (Å²) < 4.78 is 0. The first-order valence-corrected chi connectivity index (χ1v) is 9.68. The number of hydrogen-bond donors (Lipinski definition) is 2. The lowest BCUT2D eigenvalue weighted by molar-refractivity contribution is 0.212. The third-order valence-electron chi connectivity index (χ3n) is 5.20. The highest BCUT2D eigenvalue weighted by atomic mass is 16.2. The van der Waals surface area contributed by atoms with Gasteiger partial charge in [-0.25, -0.2) is 14.8 Å². The van der Waals surface area contributed by atoms with Crippen LogP contribution < -0.4 is 15.5 Å². The van der Waals surface area contributed by atoms with Crippen LogP contribution in [0.3, 0.4) is 0 Å². The van der Waals surface area contributed by atoms with Gasteiger partial charge in [-0.1, -0.05) is 0 Å². The van der Waals surface area contributed by atoms with Crippen molar-refractivity contribution in [3.63, 3.8) is 0 Å². The van der Waals surface area contributed by atoms with Crippen LogP contribution in [0.4, 0.5) is 10.7 Å². The second kappa shape index (κ2) is 9.68. The van der Waals surface area contributed by atoms with Gasteiger partial charge in [-0.3, -0.25) is 4.90 Å². The van der Waals surface area contributed by atoms with E-state index in [1.165, 1.54) is 0 Å². The van der Waals surface area contributed by atoms with E-state index in [0.29, 0.717) is 6.04 Å². The Bertz CT molecular complexity index is 540. The first-order chi connectivity index (χ1) is 12.7. The number of nitrogens with one attached hydrogen (secondary N) is 2. The van der Waals surface area contributed by atoms with Crippen LogP contribution in [0.1, 0.15) is 19.3 Å². The molecule has 0 saturated carbocycles. The lowest BCUT2D eigenvalue weighted by Crippen LogP contribution is -2.48. The Morgan fingerprint density at radius 2 is 1.81 bits per heavy atom. The first kappa shape index (κ1) is 18.8. The third-order valence-corrected chi connectivity index (χ3v) is 5.20. The maximum absolute atomic E-state index is 12.0. The molecule has 0 aromatic carbocycles. The van der Waals surface area contributed by atoms with Gasteiger partial charge in [0.1, 0.15) is 0 Å². The van der Waals surface area contributed by atoms with Gasteiger partial charge >= 0.3 is 6.03 Å². The van der Waals surface area contributed by atoms with Crippen LogP contribution in [-0.4, -0.2) is 91.2 Å². The minimum Gasteiger partial charge on any atom is -0.338 e. The second-order valence-corrected chi connectivity index (χ2v) is 7.21. The number of aromatic nitrogens is 2. The smallest absolute Gasteiger partial charge is 0.315 e. The van der Waals surface area contributed by atoms with Gasteiger partial charge < -0.3 is 20.4 Å². The van der Waals surface area contributed by atoms with E-state index in [2.05, 4.69) is 42.3 Å². The highest BCUT2D eigenvalue weighted by Gasteiger charge is 2.19. The number of rotatable bonds is 6. The van der Waals surface area contributed by atoms with Crippen molar-refractivity contribution in [3.05, 3.63) is 18.5 Å². The number of carbonyl (C=O) groups excluding carboxylic acids is 1. The quantitative estimate of drug-likeness (QED) is 0.714. The molecule has 3 heterocycles. The van der Waals surface area contributed by atoms with Crippen LogP contribution in [0, 0.1) is 0 Å². The molecule has 8 nitrogen and oxygen atoms in total. The van der Waals surface area contributed by atoms with Crippen LogP contribution >= 0.6 is 0 Å². The van der Waals surface area contributed by atoms with Gasteiger partial charge in [0.15, 0.2) is 0 Å². The second-order valence-electron chi connectivity index (χ2n) is 7.21. The first-order valence-electron chi connectivity index (χ1n) is 9.68. The van der Waals surface area contributed by atoms with Crippen LogP contribution in [0.15, 0.2) is 18.5 Å². The van der Waals surface area contributed by atoms with Crippen LogP contribution in [0.5, 0.6) is 0 Å². The topological polar surface area (TPSA) is 76.6 Å². The summed E-state index contributed by atoms with van der Waals surface area (Å²) in [7, 11) is 2.13. The summed E-state index contributed by atoms with van der Waals surface area (Å²) >= 11 is 0. The summed E-state index contributed by atoms with van der Waals surface area (Å²) in [6.07, 6.45) is 6.63. The van der Waals surface area contributed by atoms with E-state index in [0.717, 1.165) is 77.6 Å². The van der Waals surface area contributed by atoms with Gasteiger partial charge in [0.2, 0.25) is 5.95 Å². The standard InChI is InChI=1S/C18H31N7O/c1-23-10-4-16(5-11-23)22-18(26)21-8-3-9-24-12-14-25(15-13-24)17-19-6-2-7-20-17/h2,6-7,16H,3-5,8-15H2,1H3,(H2,21,22,26). The van der Waals surface area contributed by atoms with E-state index >= 15 is 0 Å². The Morgan fingerprint density at radius 1 is 1.12 bits per heavy atom. The Morgan fingerprint density at radius 3 is 2.50 bits per heavy atom. The van der Waals surface area contributed by atoms with Crippen molar-refractivity contribution < 1.29 is 4.79 Å². The van der Waals surface area contributed by atoms with Gasteiger partial charge in [-0.2, -0.15) is 0 Å². The Labute approximate surface area is 156 Å². The highest BCUT2D eigenvalue weighted by molar-refractivity contribution is 5.74. The lowest BCUT2D eigenvalue weighted by atomic mass is 10.1. The van der Waals surface area contributed by atoms with Crippen molar-refractivity contribution >= 4 is 12.0 Å². The number of carbonyl (C=O) groups is 1. The zero-order valence-electron chi connectivity index (χ0n) is 15.7. The molecule has 26 heavy (non-hydrogen) atoms. The molecule has 2 amide bonds. The van der Waals surface area contributed by atoms with Crippen LogP contribution in [0.25, 0.3) is 0 Å². The molecule has 2 aliphatic heterocycles. The monoisotopic (exact) mass is 361 g/mol. The molecule has 3 rings (SSSR count). The number of amides is 2. The average molecular weight is 361 g/mol. The summed E-state index contributed by atoms with van der Waals surface area (Å²) in [5.41, 5.74) is 0. The molecule has 8 heteroatoms. The van der Waals surface area contributed by atoms with Gasteiger partial charge in [0, 0.05) is 51.2 Å². The molecule has 1 aromatic heterocycles. The number of piperidine rings is 1. The maximum atomic E-state index is 12.0. The molecule has 1 aromatic rings. The predicted molar refractivity (Wildman–Crippen MR) is 102 cm³/mol. The molecular weight excluding hydrogens is 330 g/mol. The molecule has 0 unspecified atom stereocenters. The molecule has 0 aliphatic carbocycles. The van der Waals surface area contributed by atoms with Crippen molar-refractivity contribution in [2.45, 2.75) is 25.3 Å². The summed E-state index contributed by atoms with van der Waals surface area (Å²) in [5, 5.41) is 6.09. The SMILES string of the molecule is CN1CCC(NC(=O)NCCCN2CCN(c3ncccn3)CC2)CC1. The normalized spacial score (nSPS) is 20.1. The summed E-state index contributed by atoms with van der Waals surface area (Å²) in [6, 6.07) is 2.14. The minimum atomic E-state index is -0.0226. The van der Waals surface area contributed by atoms with E-state index in [4.69, 9.17) is 0 Å². The Kier molecular flexibility index (Phi) is 7.02. The van der Waals surface area contributed by atoms with Crippen molar-refractivity contribution in [2.24, 2.45) is 0 Å². The molecule has 0 spiro atoms.